The fraction of sp³-hybridized carbons (Fsp3) is 0.316. The number of sulfonamides is 1. The lowest BCUT2D eigenvalue weighted by Gasteiger charge is -2.34. The van der Waals surface area contributed by atoms with Gasteiger partial charge in [0.1, 0.15) is 24.1 Å². The van der Waals surface area contributed by atoms with E-state index in [4.69, 9.17) is 9.47 Å². The van der Waals surface area contributed by atoms with Crippen LogP contribution in [0.1, 0.15) is 37.5 Å². The lowest BCUT2D eigenvalue weighted by molar-refractivity contribution is -0.140. The molecule has 4 rings (SSSR count). The third-order valence-corrected chi connectivity index (χ3v) is 9.54. The van der Waals surface area contributed by atoms with Gasteiger partial charge in [-0.3, -0.25) is 13.9 Å². The van der Waals surface area contributed by atoms with Gasteiger partial charge in [-0.1, -0.05) is 86.1 Å². The van der Waals surface area contributed by atoms with Crippen LogP contribution in [0, 0.1) is 12.8 Å². The minimum absolute atomic E-state index is 0.0297. The van der Waals surface area contributed by atoms with E-state index in [0.29, 0.717) is 24.7 Å². The highest BCUT2D eigenvalue weighted by Gasteiger charge is 2.35. The van der Waals surface area contributed by atoms with Crippen LogP contribution >= 0.6 is 0 Å². The number of hydrogen-bond acceptors (Lipinski definition) is 6. The molecule has 10 heteroatoms. The Morgan fingerprint density at radius 1 is 0.854 bits per heavy atom. The van der Waals surface area contributed by atoms with Gasteiger partial charge < -0.3 is 19.7 Å². The number of aryl methyl sites for hydroxylation is 1. The molecule has 0 aliphatic carbocycles. The van der Waals surface area contributed by atoms with Crippen LogP contribution in [-0.4, -0.2) is 58.0 Å². The Kier molecular flexibility index (Phi) is 12.6. The van der Waals surface area contributed by atoms with Gasteiger partial charge in [0.2, 0.25) is 11.8 Å². The summed E-state index contributed by atoms with van der Waals surface area (Å²) in [6.45, 7) is 7.84. The van der Waals surface area contributed by atoms with E-state index < -0.39 is 28.5 Å². The van der Waals surface area contributed by atoms with Crippen LogP contribution in [0.25, 0.3) is 0 Å². The average Bonchev–Trinajstić information content (AvgIpc) is 3.08. The molecule has 9 nitrogen and oxygen atoms in total. The first-order chi connectivity index (χ1) is 23.0. The molecule has 0 aliphatic rings. The Balaban J connectivity index is 1.84. The first-order valence-corrected chi connectivity index (χ1v) is 17.5. The van der Waals surface area contributed by atoms with Crippen LogP contribution in [0.4, 0.5) is 5.69 Å². The van der Waals surface area contributed by atoms with Crippen molar-refractivity contribution in [2.24, 2.45) is 5.92 Å². The highest BCUT2D eigenvalue weighted by atomic mass is 32.2. The molecule has 1 N–H and O–H groups in total. The number of nitrogens with one attached hydrogen (secondary N) is 1. The van der Waals surface area contributed by atoms with Crippen molar-refractivity contribution in [1.82, 2.24) is 10.2 Å². The Morgan fingerprint density at radius 2 is 1.52 bits per heavy atom. The van der Waals surface area contributed by atoms with Crippen LogP contribution in [0.3, 0.4) is 0 Å². The maximum atomic E-state index is 14.7. The Hall–Kier alpha value is -4.83. The number of carbonyl (C=O) groups excluding carboxylic acids is 2. The van der Waals surface area contributed by atoms with Crippen molar-refractivity contribution in [2.75, 3.05) is 31.1 Å². The number of carbonyl (C=O) groups is 2. The summed E-state index contributed by atoms with van der Waals surface area (Å²) in [5.41, 5.74) is 2.70. The van der Waals surface area contributed by atoms with E-state index in [1.807, 2.05) is 63.2 Å². The molecule has 0 saturated carbocycles. The van der Waals surface area contributed by atoms with Crippen LogP contribution in [-0.2, 0) is 32.6 Å². The summed E-state index contributed by atoms with van der Waals surface area (Å²) in [4.78, 5) is 30.2. The molecule has 2 amide bonds. The third kappa shape index (κ3) is 9.38. The number of amides is 2. The van der Waals surface area contributed by atoms with Gasteiger partial charge in [-0.15, -0.1) is 0 Å². The zero-order valence-corrected chi connectivity index (χ0v) is 29.1. The lowest BCUT2D eigenvalue weighted by Crippen LogP contribution is -2.53. The maximum Gasteiger partial charge on any atom is 0.264 e. The second-order valence-corrected chi connectivity index (χ2v) is 13.8. The number of hydrogen-bond donors (Lipinski definition) is 1. The van der Waals surface area contributed by atoms with E-state index in [2.05, 4.69) is 5.32 Å². The van der Waals surface area contributed by atoms with Crippen molar-refractivity contribution in [3.05, 3.63) is 120 Å². The SMILES string of the molecule is CCOc1ccccc1N(CC(=O)N(Cc1cccc(OC)c1)[C@@H](Cc1ccccc1)C(=O)NCC(C)C)S(=O)(=O)c1ccc(C)cc1. The molecule has 4 aromatic carbocycles. The monoisotopic (exact) mass is 671 g/mol. The molecule has 1 atom stereocenters. The van der Waals surface area contributed by atoms with Gasteiger partial charge in [0.15, 0.2) is 0 Å². The first-order valence-electron chi connectivity index (χ1n) is 16.1. The van der Waals surface area contributed by atoms with E-state index in [9.17, 15) is 18.0 Å². The molecular formula is C38H45N3O6S. The highest BCUT2D eigenvalue weighted by molar-refractivity contribution is 7.92. The minimum Gasteiger partial charge on any atom is -0.497 e. The molecule has 254 valence electrons. The third-order valence-electron chi connectivity index (χ3n) is 7.76. The molecule has 48 heavy (non-hydrogen) atoms. The molecule has 0 saturated heterocycles. The van der Waals surface area contributed by atoms with Gasteiger partial charge >= 0.3 is 0 Å². The Labute approximate surface area is 284 Å². The van der Waals surface area contributed by atoms with Crippen LogP contribution in [0.15, 0.2) is 108 Å². The zero-order chi connectivity index (χ0) is 34.7. The lowest BCUT2D eigenvalue weighted by atomic mass is 10.0. The quantitative estimate of drug-likeness (QED) is 0.157. The van der Waals surface area contributed by atoms with E-state index in [-0.39, 0.29) is 35.4 Å². The summed E-state index contributed by atoms with van der Waals surface area (Å²) in [7, 11) is -2.71. The van der Waals surface area contributed by atoms with Crippen LogP contribution in [0.2, 0.25) is 0 Å². The van der Waals surface area contributed by atoms with Gasteiger partial charge in [-0.25, -0.2) is 8.42 Å². The molecular weight excluding hydrogens is 627 g/mol. The molecule has 4 aromatic rings. The fourth-order valence-electron chi connectivity index (χ4n) is 5.24. The predicted molar refractivity (Wildman–Crippen MR) is 189 cm³/mol. The first kappa shape index (κ1) is 36.0. The second-order valence-electron chi connectivity index (χ2n) is 11.9. The normalized spacial score (nSPS) is 11.9. The summed E-state index contributed by atoms with van der Waals surface area (Å²) in [5.74, 6) is 0.210. The summed E-state index contributed by atoms with van der Waals surface area (Å²) in [6.07, 6.45) is 0.223. The molecule has 0 bridgehead atoms. The Bertz CT molecular complexity index is 1760. The van der Waals surface area contributed by atoms with Crippen molar-refractivity contribution in [3.63, 3.8) is 0 Å². The van der Waals surface area contributed by atoms with E-state index in [1.165, 1.54) is 17.0 Å². The molecule has 0 spiro atoms. The van der Waals surface area contributed by atoms with Gasteiger partial charge in [0.25, 0.3) is 10.0 Å². The Morgan fingerprint density at radius 3 is 2.19 bits per heavy atom. The largest absolute Gasteiger partial charge is 0.497 e. The predicted octanol–water partition coefficient (Wildman–Crippen LogP) is 6.01. The van der Waals surface area contributed by atoms with E-state index >= 15 is 0 Å². The fourth-order valence-corrected chi connectivity index (χ4v) is 6.66. The number of anilines is 1. The average molecular weight is 672 g/mol. The number of nitrogens with zero attached hydrogens (tertiary/aromatic N) is 2. The van der Waals surface area contributed by atoms with Gasteiger partial charge in [-0.05, 0) is 67.3 Å². The number of benzene rings is 4. The summed E-state index contributed by atoms with van der Waals surface area (Å²) >= 11 is 0. The number of rotatable bonds is 16. The standard InChI is InChI=1S/C38H45N3O6S/c1-6-47-36-18-11-10-17-34(36)41(48(44,45)33-21-19-29(4)20-22-33)27-37(42)40(26-31-15-12-16-32(23-31)46-5)35(38(43)39-25-28(2)3)24-30-13-8-7-9-14-30/h7-23,28,35H,6,24-27H2,1-5H3,(H,39,43)/t35-/m0/s1. The number of ether oxygens (including phenoxy) is 2. The summed E-state index contributed by atoms with van der Waals surface area (Å²) in [6, 6.07) is 29.0. The van der Waals surface area contributed by atoms with Crippen molar-refractivity contribution in [2.45, 2.75) is 51.6 Å². The number of methoxy groups -OCH3 is 1. The molecule has 0 radical (unpaired) electrons. The van der Waals surface area contributed by atoms with Gasteiger partial charge in [-0.2, -0.15) is 0 Å². The van der Waals surface area contributed by atoms with Crippen molar-refractivity contribution < 1.29 is 27.5 Å². The summed E-state index contributed by atoms with van der Waals surface area (Å²) in [5, 5.41) is 3.01. The number of para-hydroxylation sites is 2. The van der Waals surface area contributed by atoms with Crippen molar-refractivity contribution in [1.29, 1.82) is 0 Å². The topological polar surface area (TPSA) is 105 Å². The highest BCUT2D eigenvalue weighted by Crippen LogP contribution is 2.33. The van der Waals surface area contributed by atoms with Gasteiger partial charge in [0, 0.05) is 19.5 Å². The van der Waals surface area contributed by atoms with Gasteiger partial charge in [0.05, 0.1) is 24.3 Å². The smallest absolute Gasteiger partial charge is 0.264 e. The molecule has 0 aliphatic heterocycles. The molecule has 0 aromatic heterocycles. The van der Waals surface area contributed by atoms with Crippen LogP contribution < -0.4 is 19.1 Å². The molecule has 0 heterocycles. The minimum atomic E-state index is -4.26. The van der Waals surface area contributed by atoms with E-state index in [1.54, 1.807) is 62.6 Å². The van der Waals surface area contributed by atoms with Crippen LogP contribution in [0.5, 0.6) is 11.5 Å². The van der Waals surface area contributed by atoms with Crippen molar-refractivity contribution >= 4 is 27.5 Å². The van der Waals surface area contributed by atoms with Crippen molar-refractivity contribution in [3.8, 4) is 11.5 Å². The summed E-state index contributed by atoms with van der Waals surface area (Å²) < 4.78 is 41.1. The van der Waals surface area contributed by atoms with E-state index in [0.717, 1.165) is 21.0 Å². The molecule has 0 fully saturated rings. The second kappa shape index (κ2) is 16.8. The zero-order valence-electron chi connectivity index (χ0n) is 28.3. The molecule has 0 unspecified atom stereocenters. The maximum absolute atomic E-state index is 14.7.